The summed E-state index contributed by atoms with van der Waals surface area (Å²) in [6, 6.07) is 0. The van der Waals surface area contributed by atoms with E-state index in [0.29, 0.717) is 12.8 Å². The van der Waals surface area contributed by atoms with Crippen molar-refractivity contribution in [1.29, 1.82) is 0 Å². The molecule has 0 amide bonds. The highest BCUT2D eigenvalue weighted by molar-refractivity contribution is 5.00. The van der Waals surface area contributed by atoms with E-state index in [9.17, 15) is 25.5 Å². The third kappa shape index (κ3) is 1.98. The van der Waals surface area contributed by atoms with E-state index in [0.717, 1.165) is 6.42 Å². The second-order valence-electron chi connectivity index (χ2n) is 4.95. The fourth-order valence-electron chi connectivity index (χ4n) is 3.03. The molecule has 0 bridgehead atoms. The third-order valence-corrected chi connectivity index (χ3v) is 4.27. The first-order valence-corrected chi connectivity index (χ1v) is 5.69. The van der Waals surface area contributed by atoms with Gasteiger partial charge in [-0.05, 0) is 12.8 Å². The quantitative estimate of drug-likeness (QED) is 0.408. The SMILES string of the molecule is OCC1C(CO)(CO)CCCC1(CO)CO. The summed E-state index contributed by atoms with van der Waals surface area (Å²) in [7, 11) is 0. The van der Waals surface area contributed by atoms with E-state index in [1.54, 1.807) is 0 Å². The minimum atomic E-state index is -0.793. The Morgan fingerprint density at radius 2 is 1.12 bits per heavy atom. The van der Waals surface area contributed by atoms with E-state index in [2.05, 4.69) is 0 Å². The zero-order valence-electron chi connectivity index (χ0n) is 9.47. The van der Waals surface area contributed by atoms with Crippen molar-refractivity contribution in [2.24, 2.45) is 16.7 Å². The Morgan fingerprint density at radius 3 is 1.38 bits per heavy atom. The highest BCUT2D eigenvalue weighted by Gasteiger charge is 2.52. The summed E-state index contributed by atoms with van der Waals surface area (Å²) >= 11 is 0. The van der Waals surface area contributed by atoms with Crippen LogP contribution in [0.4, 0.5) is 0 Å². The van der Waals surface area contributed by atoms with Gasteiger partial charge in [0.05, 0.1) is 26.4 Å². The molecule has 5 heteroatoms. The first kappa shape index (κ1) is 13.9. The molecule has 0 saturated heterocycles. The number of hydrogen-bond acceptors (Lipinski definition) is 5. The fourth-order valence-corrected chi connectivity index (χ4v) is 3.03. The zero-order valence-corrected chi connectivity index (χ0v) is 9.47. The molecule has 96 valence electrons. The Labute approximate surface area is 95.4 Å². The average Bonchev–Trinajstić information content (AvgIpc) is 2.37. The number of aliphatic hydroxyl groups excluding tert-OH is 5. The van der Waals surface area contributed by atoms with Gasteiger partial charge in [0.15, 0.2) is 0 Å². The van der Waals surface area contributed by atoms with Crippen LogP contribution in [0, 0.1) is 16.7 Å². The molecule has 0 aromatic carbocycles. The van der Waals surface area contributed by atoms with E-state index in [-0.39, 0.29) is 33.0 Å². The molecule has 0 spiro atoms. The molecule has 0 atom stereocenters. The lowest BCUT2D eigenvalue weighted by Gasteiger charge is -2.51. The summed E-state index contributed by atoms with van der Waals surface area (Å²) in [5, 5.41) is 47.2. The monoisotopic (exact) mass is 234 g/mol. The van der Waals surface area contributed by atoms with Crippen LogP contribution in [0.3, 0.4) is 0 Å². The van der Waals surface area contributed by atoms with E-state index < -0.39 is 16.7 Å². The standard InChI is InChI=1S/C11H22O5/c12-4-9-10(5-13,6-14)2-1-3-11(9,7-15)8-16/h9,12-16H,1-8H2. The van der Waals surface area contributed by atoms with Crippen LogP contribution >= 0.6 is 0 Å². The Hall–Kier alpha value is -0.200. The van der Waals surface area contributed by atoms with Crippen LogP contribution in [0.1, 0.15) is 19.3 Å². The Bertz CT molecular complexity index is 190. The van der Waals surface area contributed by atoms with E-state index in [4.69, 9.17) is 0 Å². The van der Waals surface area contributed by atoms with E-state index >= 15 is 0 Å². The molecule has 0 radical (unpaired) electrons. The molecule has 1 aliphatic carbocycles. The number of hydrogen-bond donors (Lipinski definition) is 5. The van der Waals surface area contributed by atoms with Crippen molar-refractivity contribution >= 4 is 0 Å². The van der Waals surface area contributed by atoms with Gasteiger partial charge in [-0.1, -0.05) is 6.42 Å². The minimum Gasteiger partial charge on any atom is -0.396 e. The molecule has 0 aromatic heterocycles. The Balaban J connectivity index is 3.04. The van der Waals surface area contributed by atoms with Gasteiger partial charge >= 0.3 is 0 Å². The minimum absolute atomic E-state index is 0.240. The van der Waals surface area contributed by atoms with Gasteiger partial charge < -0.3 is 25.5 Å². The van der Waals surface area contributed by atoms with Gasteiger partial charge in [0.1, 0.15) is 0 Å². The lowest BCUT2D eigenvalue weighted by molar-refractivity contribution is -0.144. The molecular weight excluding hydrogens is 212 g/mol. The summed E-state index contributed by atoms with van der Waals surface area (Å²) < 4.78 is 0. The van der Waals surface area contributed by atoms with Crippen molar-refractivity contribution in [2.45, 2.75) is 19.3 Å². The van der Waals surface area contributed by atoms with Gasteiger partial charge in [-0.3, -0.25) is 0 Å². The molecule has 0 heterocycles. The molecule has 1 aliphatic rings. The lowest BCUT2D eigenvalue weighted by atomic mass is 9.55. The van der Waals surface area contributed by atoms with Gasteiger partial charge in [0.25, 0.3) is 0 Å². The molecule has 1 saturated carbocycles. The number of rotatable bonds is 5. The van der Waals surface area contributed by atoms with Crippen molar-refractivity contribution in [1.82, 2.24) is 0 Å². The third-order valence-electron chi connectivity index (χ3n) is 4.27. The molecule has 0 unspecified atom stereocenters. The largest absolute Gasteiger partial charge is 0.396 e. The number of aliphatic hydroxyl groups is 5. The molecule has 5 N–H and O–H groups in total. The van der Waals surface area contributed by atoms with Crippen molar-refractivity contribution in [3.63, 3.8) is 0 Å². The highest BCUT2D eigenvalue weighted by Crippen LogP contribution is 2.50. The summed E-state index contributed by atoms with van der Waals surface area (Å²) in [6.07, 6.45) is 1.93. The molecule has 1 fully saturated rings. The predicted octanol–water partition coefficient (Wildman–Crippen LogP) is -1.28. The van der Waals surface area contributed by atoms with Crippen LogP contribution in [0.25, 0.3) is 0 Å². The summed E-state index contributed by atoms with van der Waals surface area (Å²) in [6.45, 7) is -1.21. The molecule has 16 heavy (non-hydrogen) atoms. The van der Waals surface area contributed by atoms with Crippen LogP contribution in [-0.4, -0.2) is 58.6 Å². The molecular formula is C11H22O5. The van der Waals surface area contributed by atoms with Gasteiger partial charge in [-0.25, -0.2) is 0 Å². The van der Waals surface area contributed by atoms with Crippen LogP contribution in [-0.2, 0) is 0 Å². The molecule has 5 nitrogen and oxygen atoms in total. The predicted molar refractivity (Wildman–Crippen MR) is 57.6 cm³/mol. The normalized spacial score (nSPS) is 24.6. The Kier molecular flexibility index (Phi) is 4.70. The molecule has 0 aromatic rings. The van der Waals surface area contributed by atoms with Crippen molar-refractivity contribution < 1.29 is 25.5 Å². The van der Waals surface area contributed by atoms with Crippen LogP contribution in [0.15, 0.2) is 0 Å². The van der Waals surface area contributed by atoms with Gasteiger partial charge in [-0.15, -0.1) is 0 Å². The first-order chi connectivity index (χ1) is 7.64. The second-order valence-corrected chi connectivity index (χ2v) is 4.95. The van der Waals surface area contributed by atoms with Crippen molar-refractivity contribution in [3.05, 3.63) is 0 Å². The van der Waals surface area contributed by atoms with Crippen molar-refractivity contribution in [2.75, 3.05) is 33.0 Å². The molecule has 1 rings (SSSR count). The van der Waals surface area contributed by atoms with Gasteiger partial charge in [0.2, 0.25) is 0 Å². The van der Waals surface area contributed by atoms with Crippen LogP contribution in [0.5, 0.6) is 0 Å². The first-order valence-electron chi connectivity index (χ1n) is 5.69. The molecule has 0 aliphatic heterocycles. The maximum Gasteiger partial charge on any atom is 0.0513 e. The summed E-state index contributed by atoms with van der Waals surface area (Å²) in [5.41, 5.74) is -1.59. The van der Waals surface area contributed by atoms with E-state index in [1.165, 1.54) is 0 Å². The lowest BCUT2D eigenvalue weighted by Crippen LogP contribution is -2.55. The van der Waals surface area contributed by atoms with Crippen molar-refractivity contribution in [3.8, 4) is 0 Å². The topological polar surface area (TPSA) is 101 Å². The fraction of sp³-hybridized carbons (Fsp3) is 1.00. The highest BCUT2D eigenvalue weighted by atomic mass is 16.3. The van der Waals surface area contributed by atoms with Crippen LogP contribution < -0.4 is 0 Å². The van der Waals surface area contributed by atoms with Crippen LogP contribution in [0.2, 0.25) is 0 Å². The zero-order chi connectivity index (χ0) is 12.2. The maximum absolute atomic E-state index is 9.44. The maximum atomic E-state index is 9.44. The summed E-state index contributed by atoms with van der Waals surface area (Å²) in [5.74, 6) is -0.473. The average molecular weight is 234 g/mol. The van der Waals surface area contributed by atoms with E-state index in [1.807, 2.05) is 0 Å². The summed E-state index contributed by atoms with van der Waals surface area (Å²) in [4.78, 5) is 0. The smallest absolute Gasteiger partial charge is 0.0513 e. The van der Waals surface area contributed by atoms with Gasteiger partial charge in [0, 0.05) is 23.4 Å². The Morgan fingerprint density at radius 1 is 0.750 bits per heavy atom. The van der Waals surface area contributed by atoms with Gasteiger partial charge in [-0.2, -0.15) is 0 Å². The second kappa shape index (κ2) is 5.42.